The van der Waals surface area contributed by atoms with E-state index in [9.17, 15) is 0 Å². The van der Waals surface area contributed by atoms with Gasteiger partial charge in [0.25, 0.3) is 0 Å². The van der Waals surface area contributed by atoms with Crippen molar-refractivity contribution in [2.75, 3.05) is 0 Å². The van der Waals surface area contributed by atoms with Crippen LogP contribution in [0.2, 0.25) is 0 Å². The van der Waals surface area contributed by atoms with E-state index in [2.05, 4.69) is 60.7 Å². The molecule has 0 aromatic heterocycles. The van der Waals surface area contributed by atoms with E-state index in [1.165, 1.54) is 32.3 Å². The molecule has 0 aliphatic rings. The van der Waals surface area contributed by atoms with Crippen LogP contribution in [0.5, 0.6) is 0 Å². The predicted octanol–water partition coefficient (Wildman–Crippen LogP) is 1.95. The average molecular weight is 234 g/mol. The molecular weight excluding hydrogens is 223 g/mol. The Balaban J connectivity index is 0.00000110. The van der Waals surface area contributed by atoms with Gasteiger partial charge in [-0.05, 0) is 10.8 Å². The fraction of sp³-hybridized carbons (Fsp3) is 0. The maximum Gasteiger partial charge on any atom is 1.00 e. The Kier molecular flexibility index (Phi) is 3.07. The molecule has 84 valence electrons. The van der Waals surface area contributed by atoms with Gasteiger partial charge in [0.15, 0.2) is 0 Å². The molecule has 1 heteroatoms. The van der Waals surface area contributed by atoms with Gasteiger partial charge < -0.3 is 0 Å². The normalized spacial score (nSPS) is 10.7. The Morgan fingerprint density at radius 1 is 0.632 bits per heavy atom. The summed E-state index contributed by atoms with van der Waals surface area (Å²) in [7, 11) is 0. The van der Waals surface area contributed by atoms with E-state index in [1.807, 2.05) is 12.1 Å². The molecule has 0 saturated heterocycles. The average Bonchev–Trinajstić information content (AvgIpc) is 2.45. The molecule has 0 aliphatic heterocycles. The first kappa shape index (κ1) is 12.3. The van der Waals surface area contributed by atoms with Crippen LogP contribution in [-0.2, 0) is 0 Å². The Labute approximate surface area is 124 Å². The second-order valence-corrected chi connectivity index (χ2v) is 4.62. The maximum atomic E-state index is 3.36. The minimum atomic E-state index is 0. The summed E-state index contributed by atoms with van der Waals surface area (Å²) in [6.45, 7) is 0. The SMILES string of the molecule is [Li+].[c-]1cccc2ccc3cc4ccccc4cc3c12. The summed E-state index contributed by atoms with van der Waals surface area (Å²) >= 11 is 0. The Morgan fingerprint density at radius 3 is 2.16 bits per heavy atom. The number of benzene rings is 4. The summed E-state index contributed by atoms with van der Waals surface area (Å²) in [6.07, 6.45) is 0. The van der Waals surface area contributed by atoms with Crippen LogP contribution in [-0.4, -0.2) is 0 Å². The van der Waals surface area contributed by atoms with Gasteiger partial charge in [0.05, 0.1) is 0 Å². The third-order valence-electron chi connectivity index (χ3n) is 3.52. The molecule has 4 aromatic carbocycles. The van der Waals surface area contributed by atoms with Crippen LogP contribution in [0.15, 0.2) is 66.7 Å². The molecule has 0 spiro atoms. The fourth-order valence-electron chi connectivity index (χ4n) is 2.61. The van der Waals surface area contributed by atoms with Gasteiger partial charge >= 0.3 is 18.9 Å². The zero-order valence-corrected chi connectivity index (χ0v) is 10.9. The number of fused-ring (bicyclic) bond motifs is 4. The summed E-state index contributed by atoms with van der Waals surface area (Å²) in [5.41, 5.74) is 0. The van der Waals surface area contributed by atoms with E-state index in [4.69, 9.17) is 0 Å². The molecule has 4 aromatic rings. The van der Waals surface area contributed by atoms with Gasteiger partial charge in [-0.1, -0.05) is 59.3 Å². The summed E-state index contributed by atoms with van der Waals surface area (Å²) in [6, 6.07) is 26.9. The van der Waals surface area contributed by atoms with Crippen LogP contribution in [0.3, 0.4) is 0 Å². The van der Waals surface area contributed by atoms with Crippen molar-refractivity contribution in [2.24, 2.45) is 0 Å². The second kappa shape index (κ2) is 4.74. The molecule has 0 heterocycles. The second-order valence-electron chi connectivity index (χ2n) is 4.62. The topological polar surface area (TPSA) is 0 Å². The minimum Gasteiger partial charge on any atom is -0.147 e. The van der Waals surface area contributed by atoms with Crippen molar-refractivity contribution in [3.63, 3.8) is 0 Å². The van der Waals surface area contributed by atoms with Crippen LogP contribution in [0.4, 0.5) is 0 Å². The molecule has 0 amide bonds. The largest absolute Gasteiger partial charge is 1.00 e. The molecule has 4 rings (SSSR count). The number of rotatable bonds is 0. The van der Waals surface area contributed by atoms with Crippen molar-refractivity contribution in [2.45, 2.75) is 0 Å². The quantitative estimate of drug-likeness (QED) is 0.189. The third kappa shape index (κ3) is 1.94. The molecule has 0 unspecified atom stereocenters. The van der Waals surface area contributed by atoms with Gasteiger partial charge in [0, 0.05) is 0 Å². The van der Waals surface area contributed by atoms with Crippen LogP contribution in [0.25, 0.3) is 32.3 Å². The molecule has 0 saturated carbocycles. The molecule has 0 aliphatic carbocycles. The summed E-state index contributed by atoms with van der Waals surface area (Å²) in [5.74, 6) is 0. The van der Waals surface area contributed by atoms with Gasteiger partial charge in [-0.3, -0.25) is 0 Å². The zero-order chi connectivity index (χ0) is 11.9. The molecule has 0 bridgehead atoms. The van der Waals surface area contributed by atoms with Crippen LogP contribution < -0.4 is 18.9 Å². The van der Waals surface area contributed by atoms with Gasteiger partial charge in [-0.2, -0.15) is 0 Å². The Hall–Kier alpha value is -1.74. The number of hydrogen-bond acceptors (Lipinski definition) is 0. The molecule has 19 heavy (non-hydrogen) atoms. The van der Waals surface area contributed by atoms with E-state index >= 15 is 0 Å². The van der Waals surface area contributed by atoms with E-state index in [-0.39, 0.29) is 18.9 Å². The van der Waals surface area contributed by atoms with Crippen molar-refractivity contribution in [3.05, 3.63) is 72.8 Å². The molecule has 0 N–H and O–H groups in total. The van der Waals surface area contributed by atoms with Gasteiger partial charge in [-0.25, -0.2) is 0 Å². The first-order valence-corrected chi connectivity index (χ1v) is 6.14. The Bertz CT molecular complexity index is 872. The van der Waals surface area contributed by atoms with E-state index < -0.39 is 0 Å². The maximum absolute atomic E-state index is 3.36. The van der Waals surface area contributed by atoms with Crippen molar-refractivity contribution in [1.82, 2.24) is 0 Å². The summed E-state index contributed by atoms with van der Waals surface area (Å²) < 4.78 is 0. The smallest absolute Gasteiger partial charge is 0.147 e. The standard InChI is InChI=1S/C18H11.Li/c1-2-7-15-12-18-16(11-14(15)6-1)10-9-13-5-3-4-8-17(13)18;/h1-7,9-12H;/q-1;+1. The first-order chi connectivity index (χ1) is 8.92. The minimum absolute atomic E-state index is 0. The fourth-order valence-corrected chi connectivity index (χ4v) is 2.61. The zero-order valence-electron chi connectivity index (χ0n) is 10.9. The summed E-state index contributed by atoms with van der Waals surface area (Å²) in [4.78, 5) is 0. The van der Waals surface area contributed by atoms with Crippen molar-refractivity contribution < 1.29 is 18.9 Å². The van der Waals surface area contributed by atoms with Crippen molar-refractivity contribution >= 4 is 32.3 Å². The van der Waals surface area contributed by atoms with Crippen LogP contribution in [0.1, 0.15) is 0 Å². The van der Waals surface area contributed by atoms with Gasteiger partial charge in [-0.15, -0.1) is 35.0 Å². The molecular formula is C18H11Li. The molecule has 0 radical (unpaired) electrons. The van der Waals surface area contributed by atoms with Gasteiger partial charge in [0.2, 0.25) is 0 Å². The third-order valence-corrected chi connectivity index (χ3v) is 3.52. The van der Waals surface area contributed by atoms with Crippen molar-refractivity contribution in [1.29, 1.82) is 0 Å². The van der Waals surface area contributed by atoms with Gasteiger partial charge in [0.1, 0.15) is 0 Å². The molecule has 0 atom stereocenters. The molecule has 0 fully saturated rings. The van der Waals surface area contributed by atoms with E-state index in [1.54, 1.807) is 0 Å². The summed E-state index contributed by atoms with van der Waals surface area (Å²) in [5, 5.41) is 7.60. The first-order valence-electron chi connectivity index (χ1n) is 6.14. The Morgan fingerprint density at radius 2 is 1.32 bits per heavy atom. The predicted molar refractivity (Wildman–Crippen MR) is 77.8 cm³/mol. The molecule has 0 nitrogen and oxygen atoms in total. The van der Waals surface area contributed by atoms with Crippen LogP contribution in [0, 0.1) is 6.07 Å². The van der Waals surface area contributed by atoms with E-state index in [0.717, 1.165) is 0 Å². The van der Waals surface area contributed by atoms with Crippen LogP contribution >= 0.6 is 0 Å². The van der Waals surface area contributed by atoms with Crippen molar-refractivity contribution in [3.8, 4) is 0 Å². The van der Waals surface area contributed by atoms with E-state index in [0.29, 0.717) is 0 Å². The number of hydrogen-bond donors (Lipinski definition) is 0. The monoisotopic (exact) mass is 234 g/mol.